The zero-order valence-corrected chi connectivity index (χ0v) is 14.5. The minimum atomic E-state index is -4.33. The molecular formula is C15H16F4N4O2S. The van der Waals surface area contributed by atoms with Gasteiger partial charge in [-0.25, -0.2) is 17.5 Å². The molecule has 0 unspecified atom stereocenters. The minimum absolute atomic E-state index is 0.0673. The van der Waals surface area contributed by atoms with Gasteiger partial charge in [0.2, 0.25) is 10.0 Å². The van der Waals surface area contributed by atoms with Crippen LogP contribution in [0.4, 0.5) is 17.6 Å². The fourth-order valence-electron chi connectivity index (χ4n) is 2.93. The van der Waals surface area contributed by atoms with Crippen LogP contribution in [0.25, 0.3) is 0 Å². The van der Waals surface area contributed by atoms with E-state index in [2.05, 4.69) is 14.9 Å². The quantitative estimate of drug-likeness (QED) is 0.811. The molecule has 142 valence electrons. The van der Waals surface area contributed by atoms with Gasteiger partial charge in [0.15, 0.2) is 0 Å². The summed E-state index contributed by atoms with van der Waals surface area (Å²) in [6.45, 7) is 0.805. The van der Waals surface area contributed by atoms with E-state index in [9.17, 15) is 26.0 Å². The Bertz CT molecular complexity index is 924. The van der Waals surface area contributed by atoms with Gasteiger partial charge >= 0.3 is 6.18 Å². The lowest BCUT2D eigenvalue weighted by atomic mass is 9.99. The lowest BCUT2D eigenvalue weighted by Crippen LogP contribution is -2.34. The Kier molecular flexibility index (Phi) is 4.78. The molecule has 3 rings (SSSR count). The Hall–Kier alpha value is -2.01. The van der Waals surface area contributed by atoms with E-state index >= 15 is 0 Å². The molecule has 0 radical (unpaired) electrons. The number of benzene rings is 1. The summed E-state index contributed by atoms with van der Waals surface area (Å²) in [5.74, 6) is -1.57. The van der Waals surface area contributed by atoms with Crippen molar-refractivity contribution in [2.24, 2.45) is 5.92 Å². The molecular weight excluding hydrogens is 376 g/mol. The van der Waals surface area contributed by atoms with E-state index in [0.29, 0.717) is 5.82 Å². The van der Waals surface area contributed by atoms with Crippen molar-refractivity contribution in [1.82, 2.24) is 19.5 Å². The second-order valence-corrected chi connectivity index (χ2v) is 7.89. The van der Waals surface area contributed by atoms with E-state index in [4.69, 9.17) is 0 Å². The number of nitrogens with zero attached hydrogens (tertiary/aromatic N) is 3. The molecule has 1 aromatic carbocycles. The largest absolute Gasteiger partial charge is 0.393 e. The molecule has 11 heteroatoms. The number of rotatable bonds is 4. The maximum Gasteiger partial charge on any atom is 0.393 e. The molecule has 6 nitrogen and oxygen atoms in total. The Morgan fingerprint density at radius 2 is 2.04 bits per heavy atom. The summed E-state index contributed by atoms with van der Waals surface area (Å²) in [6.07, 6.45) is -4.27. The second kappa shape index (κ2) is 6.62. The average molecular weight is 392 g/mol. The number of hydrogen-bond acceptors (Lipinski definition) is 4. The Labute approximate surface area is 147 Å². The van der Waals surface area contributed by atoms with Crippen LogP contribution in [-0.2, 0) is 29.5 Å². The lowest BCUT2D eigenvalue weighted by molar-refractivity contribution is -0.182. The number of hydrogen-bond donors (Lipinski definition) is 1. The molecule has 1 aromatic heterocycles. The first kappa shape index (κ1) is 18.8. The summed E-state index contributed by atoms with van der Waals surface area (Å²) in [4.78, 5) is -0.106. The number of fused-ring (bicyclic) bond motifs is 1. The van der Waals surface area contributed by atoms with Crippen LogP contribution in [0.5, 0.6) is 0 Å². The van der Waals surface area contributed by atoms with Crippen LogP contribution in [0.3, 0.4) is 0 Å². The highest BCUT2D eigenvalue weighted by Gasteiger charge is 2.42. The van der Waals surface area contributed by atoms with Gasteiger partial charge in [0.1, 0.15) is 17.5 Å². The molecule has 0 saturated heterocycles. The fourth-order valence-corrected chi connectivity index (χ4v) is 4.14. The SMILES string of the molecule is Cc1cc(F)ccc1S(=O)(=O)NCc1nnc2n1C[C@H](C(F)(F)F)CC2. The third-order valence-electron chi connectivity index (χ3n) is 4.33. The Morgan fingerprint density at radius 3 is 2.69 bits per heavy atom. The van der Waals surface area contributed by atoms with E-state index < -0.39 is 27.9 Å². The normalized spacial score (nSPS) is 18.0. The summed E-state index contributed by atoms with van der Waals surface area (Å²) in [5, 5.41) is 7.64. The first-order valence-corrected chi connectivity index (χ1v) is 9.30. The number of halogens is 4. The van der Waals surface area contributed by atoms with E-state index in [0.717, 1.165) is 18.2 Å². The van der Waals surface area contributed by atoms with Crippen LogP contribution >= 0.6 is 0 Å². The van der Waals surface area contributed by atoms with Crippen molar-refractivity contribution in [2.45, 2.75) is 43.9 Å². The molecule has 1 aliphatic heterocycles. The minimum Gasteiger partial charge on any atom is -0.313 e. The van der Waals surface area contributed by atoms with Gasteiger partial charge in [-0.2, -0.15) is 13.2 Å². The molecule has 1 N–H and O–H groups in total. The second-order valence-electron chi connectivity index (χ2n) is 6.15. The van der Waals surface area contributed by atoms with E-state index in [1.165, 1.54) is 11.5 Å². The zero-order valence-electron chi connectivity index (χ0n) is 13.7. The molecule has 1 atom stereocenters. The highest BCUT2D eigenvalue weighted by Crippen LogP contribution is 2.34. The molecule has 0 aliphatic carbocycles. The topological polar surface area (TPSA) is 76.9 Å². The number of sulfonamides is 1. The fraction of sp³-hybridized carbons (Fsp3) is 0.467. The van der Waals surface area contributed by atoms with Crippen molar-refractivity contribution in [3.05, 3.63) is 41.2 Å². The summed E-state index contributed by atoms with van der Waals surface area (Å²) in [6, 6.07) is 3.24. The predicted octanol–water partition coefficient (Wildman–Crippen LogP) is 2.33. The lowest BCUT2D eigenvalue weighted by Gasteiger charge is -2.26. The van der Waals surface area contributed by atoms with E-state index in [1.54, 1.807) is 0 Å². The van der Waals surface area contributed by atoms with Crippen molar-refractivity contribution in [1.29, 1.82) is 0 Å². The number of nitrogens with one attached hydrogen (secondary N) is 1. The Morgan fingerprint density at radius 1 is 1.31 bits per heavy atom. The van der Waals surface area contributed by atoms with Gasteiger partial charge in [-0.05, 0) is 37.1 Å². The maximum atomic E-state index is 13.1. The van der Waals surface area contributed by atoms with Crippen molar-refractivity contribution < 1.29 is 26.0 Å². The summed E-state index contributed by atoms with van der Waals surface area (Å²) < 4.78 is 80.3. The summed E-state index contributed by atoms with van der Waals surface area (Å²) in [5.41, 5.74) is 0.220. The molecule has 26 heavy (non-hydrogen) atoms. The van der Waals surface area contributed by atoms with Crippen molar-refractivity contribution in [3.8, 4) is 0 Å². The Balaban J connectivity index is 1.78. The molecule has 0 fully saturated rings. The van der Waals surface area contributed by atoms with Gasteiger partial charge < -0.3 is 4.57 Å². The molecule has 1 aliphatic rings. The monoisotopic (exact) mass is 392 g/mol. The molecule has 0 saturated carbocycles. The first-order valence-electron chi connectivity index (χ1n) is 7.81. The van der Waals surface area contributed by atoms with Crippen molar-refractivity contribution in [3.63, 3.8) is 0 Å². The van der Waals surface area contributed by atoms with Crippen LogP contribution in [0.15, 0.2) is 23.1 Å². The van der Waals surface area contributed by atoms with Gasteiger partial charge in [0, 0.05) is 13.0 Å². The molecule has 2 heterocycles. The smallest absolute Gasteiger partial charge is 0.313 e. The predicted molar refractivity (Wildman–Crippen MR) is 83.1 cm³/mol. The van der Waals surface area contributed by atoms with Gasteiger partial charge in [-0.15, -0.1) is 10.2 Å². The number of aryl methyl sites for hydroxylation is 2. The highest BCUT2D eigenvalue weighted by atomic mass is 32.2. The van der Waals surface area contributed by atoms with Gasteiger partial charge in [0.25, 0.3) is 0 Å². The van der Waals surface area contributed by atoms with Crippen LogP contribution in [0.1, 0.15) is 23.6 Å². The van der Waals surface area contributed by atoms with Crippen LogP contribution in [0.2, 0.25) is 0 Å². The van der Waals surface area contributed by atoms with E-state index in [-0.39, 0.29) is 42.2 Å². The standard InChI is InChI=1S/C15H16F4N4O2S/c1-9-6-11(16)3-4-12(9)26(24,25)20-7-14-22-21-13-5-2-10(8-23(13)14)15(17,18)19/h3-4,6,10,20H,2,5,7-8H2,1H3/t10-/m1/s1. The average Bonchev–Trinajstić information content (AvgIpc) is 2.94. The van der Waals surface area contributed by atoms with E-state index in [1.807, 2.05) is 0 Å². The first-order chi connectivity index (χ1) is 12.1. The van der Waals surface area contributed by atoms with Crippen LogP contribution in [0, 0.1) is 18.7 Å². The molecule has 0 bridgehead atoms. The molecule has 2 aromatic rings. The van der Waals surface area contributed by atoms with Crippen molar-refractivity contribution in [2.75, 3.05) is 0 Å². The number of alkyl halides is 3. The van der Waals surface area contributed by atoms with Gasteiger partial charge in [0.05, 0.1) is 17.4 Å². The van der Waals surface area contributed by atoms with Crippen LogP contribution < -0.4 is 4.72 Å². The van der Waals surface area contributed by atoms with Gasteiger partial charge in [-0.1, -0.05) is 0 Å². The van der Waals surface area contributed by atoms with Crippen molar-refractivity contribution >= 4 is 10.0 Å². The summed E-state index contributed by atoms with van der Waals surface area (Å²) >= 11 is 0. The molecule has 0 amide bonds. The third kappa shape index (κ3) is 3.73. The summed E-state index contributed by atoms with van der Waals surface area (Å²) in [7, 11) is -3.97. The molecule has 0 spiro atoms. The highest BCUT2D eigenvalue weighted by molar-refractivity contribution is 7.89. The zero-order chi connectivity index (χ0) is 19.1. The number of aromatic nitrogens is 3. The van der Waals surface area contributed by atoms with Gasteiger partial charge in [-0.3, -0.25) is 0 Å². The van der Waals surface area contributed by atoms with Crippen LogP contribution in [-0.4, -0.2) is 29.4 Å². The maximum absolute atomic E-state index is 13.1. The third-order valence-corrected chi connectivity index (χ3v) is 5.89.